The number of nitrogens with one attached hydrogen (secondary N) is 1. The first-order valence-electron chi connectivity index (χ1n) is 5.70. The van der Waals surface area contributed by atoms with E-state index in [1.54, 1.807) is 6.20 Å². The van der Waals surface area contributed by atoms with Crippen molar-refractivity contribution in [2.45, 2.75) is 12.5 Å². The van der Waals surface area contributed by atoms with Gasteiger partial charge in [0.25, 0.3) is 0 Å². The number of hydrogen-bond donors (Lipinski definition) is 2. The molecule has 2 N–H and O–H groups in total. The fraction of sp³-hybridized carbons (Fsp3) is 0.214. The Kier molecular flexibility index (Phi) is 3.99. The summed E-state index contributed by atoms with van der Waals surface area (Å²) < 4.78 is 0.994. The van der Waals surface area contributed by atoms with Crippen LogP contribution in [0, 0.1) is 0 Å². The number of nitrogens with zero attached hydrogens (tertiary/aromatic N) is 1. The molecule has 0 bridgehead atoms. The van der Waals surface area contributed by atoms with Gasteiger partial charge in [-0.3, -0.25) is 4.98 Å². The minimum atomic E-state index is -0.595. The molecule has 1 aromatic heterocycles. The van der Waals surface area contributed by atoms with Gasteiger partial charge in [0.1, 0.15) is 0 Å². The highest BCUT2D eigenvalue weighted by Gasteiger charge is 2.26. The van der Waals surface area contributed by atoms with Crippen LogP contribution in [0.5, 0.6) is 0 Å². The van der Waals surface area contributed by atoms with E-state index >= 15 is 0 Å². The summed E-state index contributed by atoms with van der Waals surface area (Å²) in [6, 6.07) is 13.5. The van der Waals surface area contributed by atoms with Crippen LogP contribution in [-0.4, -0.2) is 16.7 Å². The molecule has 1 atom stereocenters. The Hall–Kier alpha value is -1.39. The van der Waals surface area contributed by atoms with E-state index in [0.29, 0.717) is 0 Å². The Bertz CT molecular complexity index is 518. The van der Waals surface area contributed by atoms with Gasteiger partial charge in [0.15, 0.2) is 0 Å². The van der Waals surface area contributed by atoms with Gasteiger partial charge >= 0.3 is 0 Å². The molecule has 0 aliphatic rings. The summed E-state index contributed by atoms with van der Waals surface area (Å²) in [5, 5.41) is 13.0. The average Bonchev–Trinajstić information content (AvgIpc) is 2.39. The number of aliphatic hydroxyl groups excluding tert-OH is 1. The molecule has 4 heteroatoms. The van der Waals surface area contributed by atoms with E-state index in [2.05, 4.69) is 26.2 Å². The maximum absolute atomic E-state index is 9.66. The lowest BCUT2D eigenvalue weighted by Gasteiger charge is -2.29. The van der Waals surface area contributed by atoms with Gasteiger partial charge in [-0.2, -0.15) is 0 Å². The van der Waals surface area contributed by atoms with Crippen molar-refractivity contribution in [3.8, 4) is 0 Å². The summed E-state index contributed by atoms with van der Waals surface area (Å²) in [5.74, 6) is 0. The standard InChI is InChI=1S/C14H15BrN2O/c1-14(10-18,13-7-2-3-8-16-13)17-12-6-4-5-11(15)9-12/h2-9,17-18H,10H2,1H3. The summed E-state index contributed by atoms with van der Waals surface area (Å²) in [4.78, 5) is 4.31. The maximum Gasteiger partial charge on any atom is 0.1000 e. The molecular weight excluding hydrogens is 292 g/mol. The molecule has 0 radical (unpaired) electrons. The molecule has 94 valence electrons. The molecule has 2 aromatic rings. The minimum Gasteiger partial charge on any atom is -0.394 e. The molecular formula is C14H15BrN2O. The molecule has 2 rings (SSSR count). The molecule has 1 heterocycles. The first-order chi connectivity index (χ1) is 8.64. The van der Waals surface area contributed by atoms with E-state index in [1.807, 2.05) is 49.4 Å². The number of hydrogen-bond acceptors (Lipinski definition) is 3. The Labute approximate surface area is 115 Å². The van der Waals surface area contributed by atoms with E-state index in [0.717, 1.165) is 15.9 Å². The van der Waals surface area contributed by atoms with Gasteiger partial charge < -0.3 is 10.4 Å². The van der Waals surface area contributed by atoms with Crippen molar-refractivity contribution in [2.24, 2.45) is 0 Å². The van der Waals surface area contributed by atoms with E-state index in [9.17, 15) is 5.11 Å². The third-order valence-electron chi connectivity index (χ3n) is 2.79. The van der Waals surface area contributed by atoms with Crippen LogP contribution in [0.25, 0.3) is 0 Å². The molecule has 1 unspecified atom stereocenters. The van der Waals surface area contributed by atoms with Crippen LogP contribution in [0.15, 0.2) is 53.1 Å². The maximum atomic E-state index is 9.66. The molecule has 0 amide bonds. The first-order valence-corrected chi connectivity index (χ1v) is 6.49. The zero-order valence-corrected chi connectivity index (χ0v) is 11.7. The number of benzene rings is 1. The average molecular weight is 307 g/mol. The lowest BCUT2D eigenvalue weighted by molar-refractivity contribution is 0.221. The van der Waals surface area contributed by atoms with Crippen LogP contribution < -0.4 is 5.32 Å². The molecule has 0 saturated heterocycles. The number of aliphatic hydroxyl groups is 1. The molecule has 0 fully saturated rings. The van der Waals surface area contributed by atoms with Crippen LogP contribution in [0.3, 0.4) is 0 Å². The molecule has 0 aliphatic heterocycles. The molecule has 0 aliphatic carbocycles. The SMILES string of the molecule is CC(CO)(Nc1cccc(Br)c1)c1ccccn1. The predicted octanol–water partition coefficient (Wildman–Crippen LogP) is 3.16. The third-order valence-corrected chi connectivity index (χ3v) is 3.28. The Morgan fingerprint density at radius 3 is 2.72 bits per heavy atom. The fourth-order valence-corrected chi connectivity index (χ4v) is 2.16. The fourth-order valence-electron chi connectivity index (χ4n) is 1.76. The van der Waals surface area contributed by atoms with Crippen LogP contribution in [0.4, 0.5) is 5.69 Å². The normalized spacial score (nSPS) is 13.9. The van der Waals surface area contributed by atoms with Gasteiger partial charge in [-0.1, -0.05) is 28.1 Å². The lowest BCUT2D eigenvalue weighted by Crippen LogP contribution is -2.36. The monoisotopic (exact) mass is 306 g/mol. The Morgan fingerprint density at radius 2 is 2.11 bits per heavy atom. The van der Waals surface area contributed by atoms with Crippen LogP contribution in [-0.2, 0) is 5.54 Å². The van der Waals surface area contributed by atoms with E-state index in [-0.39, 0.29) is 6.61 Å². The van der Waals surface area contributed by atoms with Crippen molar-refractivity contribution in [1.82, 2.24) is 4.98 Å². The van der Waals surface area contributed by atoms with Gasteiger partial charge in [-0.05, 0) is 37.3 Å². The Morgan fingerprint density at radius 1 is 1.28 bits per heavy atom. The van der Waals surface area contributed by atoms with E-state index in [4.69, 9.17) is 0 Å². The second-order valence-corrected chi connectivity index (χ2v) is 5.26. The van der Waals surface area contributed by atoms with Crippen molar-refractivity contribution in [2.75, 3.05) is 11.9 Å². The van der Waals surface area contributed by atoms with Gasteiger partial charge in [-0.25, -0.2) is 0 Å². The predicted molar refractivity (Wildman–Crippen MR) is 76.4 cm³/mol. The number of anilines is 1. The van der Waals surface area contributed by atoms with E-state index in [1.165, 1.54) is 0 Å². The largest absolute Gasteiger partial charge is 0.394 e. The summed E-state index contributed by atoms with van der Waals surface area (Å²) in [6.45, 7) is 1.90. The second kappa shape index (κ2) is 5.50. The lowest BCUT2D eigenvalue weighted by atomic mass is 9.97. The molecule has 1 aromatic carbocycles. The summed E-state index contributed by atoms with van der Waals surface area (Å²) in [6.07, 6.45) is 1.73. The van der Waals surface area contributed by atoms with Crippen molar-refractivity contribution in [3.05, 3.63) is 58.8 Å². The number of rotatable bonds is 4. The van der Waals surface area contributed by atoms with Crippen LogP contribution in [0.1, 0.15) is 12.6 Å². The van der Waals surface area contributed by atoms with Crippen LogP contribution in [0.2, 0.25) is 0 Å². The summed E-state index contributed by atoms with van der Waals surface area (Å²) in [5.41, 5.74) is 1.15. The topological polar surface area (TPSA) is 45.1 Å². The molecule has 0 spiro atoms. The number of aromatic nitrogens is 1. The summed E-state index contributed by atoms with van der Waals surface area (Å²) >= 11 is 3.43. The Balaban J connectivity index is 2.29. The van der Waals surface area contributed by atoms with Gasteiger partial charge in [-0.15, -0.1) is 0 Å². The van der Waals surface area contributed by atoms with Crippen molar-refractivity contribution < 1.29 is 5.11 Å². The molecule has 0 saturated carbocycles. The number of halogens is 1. The number of pyridine rings is 1. The van der Waals surface area contributed by atoms with Gasteiger partial charge in [0.2, 0.25) is 0 Å². The van der Waals surface area contributed by atoms with Crippen LogP contribution >= 0.6 is 15.9 Å². The third kappa shape index (κ3) is 2.89. The first kappa shape index (κ1) is 13.1. The highest BCUT2D eigenvalue weighted by Crippen LogP contribution is 2.25. The van der Waals surface area contributed by atoms with Crippen molar-refractivity contribution >= 4 is 21.6 Å². The highest BCUT2D eigenvalue weighted by molar-refractivity contribution is 9.10. The van der Waals surface area contributed by atoms with Gasteiger partial charge in [0, 0.05) is 16.4 Å². The highest BCUT2D eigenvalue weighted by atomic mass is 79.9. The quantitative estimate of drug-likeness (QED) is 0.912. The molecule has 18 heavy (non-hydrogen) atoms. The minimum absolute atomic E-state index is 0.0312. The van der Waals surface area contributed by atoms with Gasteiger partial charge in [0.05, 0.1) is 17.8 Å². The zero-order valence-electron chi connectivity index (χ0n) is 10.1. The molecule has 3 nitrogen and oxygen atoms in total. The zero-order chi connectivity index (χ0) is 13.0. The second-order valence-electron chi connectivity index (χ2n) is 4.34. The summed E-state index contributed by atoms with van der Waals surface area (Å²) in [7, 11) is 0. The van der Waals surface area contributed by atoms with Crippen molar-refractivity contribution in [3.63, 3.8) is 0 Å². The van der Waals surface area contributed by atoms with Crippen molar-refractivity contribution in [1.29, 1.82) is 0 Å². The smallest absolute Gasteiger partial charge is 0.1000 e. The van der Waals surface area contributed by atoms with E-state index < -0.39 is 5.54 Å².